The summed E-state index contributed by atoms with van der Waals surface area (Å²) >= 11 is 0. The topological polar surface area (TPSA) is 24.1 Å². The van der Waals surface area contributed by atoms with E-state index in [0.717, 1.165) is 0 Å². The van der Waals surface area contributed by atoms with Crippen LogP contribution in [0.2, 0.25) is 0 Å². The zero-order chi connectivity index (χ0) is 15.4. The number of hydrogen-bond acceptors (Lipinski definition) is 2. The van der Waals surface area contributed by atoms with Gasteiger partial charge in [-0.2, -0.15) is 0 Å². The Kier molecular flexibility index (Phi) is 4.67. The standard InChI is InChI=1S/C20H26N2/c1-15-9-3-5-11-17(15)21-19-13-7-8-14-20(19)22-18-12-6-4-10-16(18)2/h3-6,9-12,19-22H,7-8,13-14H2,1-2H3. The molecule has 2 heteroatoms. The lowest BCUT2D eigenvalue weighted by atomic mass is 9.89. The number of anilines is 2. The van der Waals surface area contributed by atoms with E-state index in [0.29, 0.717) is 12.1 Å². The number of benzene rings is 2. The van der Waals surface area contributed by atoms with Crippen LogP contribution in [0.5, 0.6) is 0 Å². The summed E-state index contributed by atoms with van der Waals surface area (Å²) in [6.07, 6.45) is 5.10. The predicted octanol–water partition coefficient (Wildman–Crippen LogP) is 5.14. The molecule has 2 unspecified atom stereocenters. The highest BCUT2D eigenvalue weighted by Gasteiger charge is 2.25. The Morgan fingerprint density at radius 3 is 1.50 bits per heavy atom. The van der Waals surface area contributed by atoms with E-state index in [2.05, 4.69) is 73.0 Å². The Morgan fingerprint density at radius 2 is 1.09 bits per heavy atom. The van der Waals surface area contributed by atoms with E-state index in [4.69, 9.17) is 0 Å². The van der Waals surface area contributed by atoms with Crippen molar-refractivity contribution in [2.45, 2.75) is 51.6 Å². The van der Waals surface area contributed by atoms with Crippen LogP contribution in [0.25, 0.3) is 0 Å². The van der Waals surface area contributed by atoms with E-state index >= 15 is 0 Å². The molecule has 116 valence electrons. The minimum absolute atomic E-state index is 0.495. The molecule has 0 spiro atoms. The molecule has 2 atom stereocenters. The van der Waals surface area contributed by atoms with E-state index in [9.17, 15) is 0 Å². The van der Waals surface area contributed by atoms with Crippen molar-refractivity contribution in [1.82, 2.24) is 0 Å². The third-order valence-electron chi connectivity index (χ3n) is 4.74. The Morgan fingerprint density at radius 1 is 0.682 bits per heavy atom. The van der Waals surface area contributed by atoms with Gasteiger partial charge in [-0.3, -0.25) is 0 Å². The van der Waals surface area contributed by atoms with Crippen LogP contribution in [0.1, 0.15) is 36.8 Å². The van der Waals surface area contributed by atoms with Gasteiger partial charge in [0, 0.05) is 23.5 Å². The highest BCUT2D eigenvalue weighted by atomic mass is 15.0. The van der Waals surface area contributed by atoms with Gasteiger partial charge in [-0.15, -0.1) is 0 Å². The van der Waals surface area contributed by atoms with Crippen molar-refractivity contribution in [2.24, 2.45) is 0 Å². The van der Waals surface area contributed by atoms with Crippen LogP contribution >= 0.6 is 0 Å². The molecule has 0 bridgehead atoms. The van der Waals surface area contributed by atoms with Gasteiger partial charge < -0.3 is 10.6 Å². The summed E-state index contributed by atoms with van der Waals surface area (Å²) in [4.78, 5) is 0. The van der Waals surface area contributed by atoms with Crippen LogP contribution in [0.3, 0.4) is 0 Å². The van der Waals surface area contributed by atoms with Gasteiger partial charge in [-0.25, -0.2) is 0 Å². The maximum atomic E-state index is 3.78. The normalized spacial score (nSPS) is 21.4. The molecule has 0 aliphatic heterocycles. The molecule has 2 N–H and O–H groups in total. The Hall–Kier alpha value is -1.96. The average Bonchev–Trinajstić information content (AvgIpc) is 2.53. The lowest BCUT2D eigenvalue weighted by molar-refractivity contribution is 0.423. The van der Waals surface area contributed by atoms with Gasteiger partial charge in [0.25, 0.3) is 0 Å². The zero-order valence-corrected chi connectivity index (χ0v) is 13.6. The minimum atomic E-state index is 0.495. The molecule has 2 aromatic carbocycles. The summed E-state index contributed by atoms with van der Waals surface area (Å²) in [5.74, 6) is 0. The predicted molar refractivity (Wildman–Crippen MR) is 95.6 cm³/mol. The first-order valence-corrected chi connectivity index (χ1v) is 8.38. The van der Waals surface area contributed by atoms with E-state index in [-0.39, 0.29) is 0 Å². The van der Waals surface area contributed by atoms with Crippen molar-refractivity contribution >= 4 is 11.4 Å². The van der Waals surface area contributed by atoms with Gasteiger partial charge in [-0.1, -0.05) is 49.2 Å². The van der Waals surface area contributed by atoms with Gasteiger partial charge in [0.15, 0.2) is 0 Å². The Balaban J connectivity index is 1.74. The maximum Gasteiger partial charge on any atom is 0.0462 e. The summed E-state index contributed by atoms with van der Waals surface area (Å²) in [6.45, 7) is 4.35. The molecule has 2 aromatic rings. The number of para-hydroxylation sites is 2. The number of aryl methyl sites for hydroxylation is 2. The summed E-state index contributed by atoms with van der Waals surface area (Å²) < 4.78 is 0. The van der Waals surface area contributed by atoms with Crippen molar-refractivity contribution < 1.29 is 0 Å². The second-order valence-corrected chi connectivity index (χ2v) is 6.42. The first-order chi connectivity index (χ1) is 10.7. The molecule has 3 rings (SSSR count). The molecule has 1 aliphatic rings. The molecule has 1 aliphatic carbocycles. The van der Waals surface area contributed by atoms with Crippen LogP contribution in [0.15, 0.2) is 48.5 Å². The highest BCUT2D eigenvalue weighted by molar-refractivity contribution is 5.54. The fraction of sp³-hybridized carbons (Fsp3) is 0.400. The molecule has 0 aromatic heterocycles. The van der Waals surface area contributed by atoms with Gasteiger partial charge in [0.2, 0.25) is 0 Å². The maximum absolute atomic E-state index is 3.78. The molecule has 1 fully saturated rings. The second-order valence-electron chi connectivity index (χ2n) is 6.42. The first-order valence-electron chi connectivity index (χ1n) is 8.38. The van der Waals surface area contributed by atoms with Crippen LogP contribution < -0.4 is 10.6 Å². The van der Waals surface area contributed by atoms with Gasteiger partial charge >= 0.3 is 0 Å². The molecule has 2 nitrogen and oxygen atoms in total. The van der Waals surface area contributed by atoms with Crippen molar-refractivity contribution in [1.29, 1.82) is 0 Å². The van der Waals surface area contributed by atoms with E-state index in [1.54, 1.807) is 0 Å². The SMILES string of the molecule is Cc1ccccc1NC1CCCCC1Nc1ccccc1C. The Labute approximate surface area is 134 Å². The number of rotatable bonds is 4. The molecular weight excluding hydrogens is 268 g/mol. The van der Waals surface area contributed by atoms with Crippen molar-refractivity contribution in [3.8, 4) is 0 Å². The molecule has 0 amide bonds. The molecule has 0 saturated heterocycles. The highest BCUT2D eigenvalue weighted by Crippen LogP contribution is 2.27. The summed E-state index contributed by atoms with van der Waals surface area (Å²) in [6, 6.07) is 18.1. The summed E-state index contributed by atoms with van der Waals surface area (Å²) in [5, 5.41) is 7.55. The fourth-order valence-corrected chi connectivity index (χ4v) is 3.35. The van der Waals surface area contributed by atoms with E-state index in [1.165, 1.54) is 48.2 Å². The van der Waals surface area contributed by atoms with E-state index in [1.807, 2.05) is 0 Å². The molecular formula is C20H26N2. The van der Waals surface area contributed by atoms with Crippen LogP contribution in [0.4, 0.5) is 11.4 Å². The first kappa shape index (κ1) is 15.0. The third-order valence-corrected chi connectivity index (χ3v) is 4.74. The molecule has 0 radical (unpaired) electrons. The van der Waals surface area contributed by atoms with E-state index < -0.39 is 0 Å². The largest absolute Gasteiger partial charge is 0.380 e. The van der Waals surface area contributed by atoms with Crippen molar-refractivity contribution in [3.05, 3.63) is 59.7 Å². The Bertz CT molecular complexity index is 565. The van der Waals surface area contributed by atoms with Crippen LogP contribution in [-0.4, -0.2) is 12.1 Å². The van der Waals surface area contributed by atoms with Crippen LogP contribution in [-0.2, 0) is 0 Å². The number of hydrogen-bond donors (Lipinski definition) is 2. The second kappa shape index (κ2) is 6.87. The monoisotopic (exact) mass is 294 g/mol. The van der Waals surface area contributed by atoms with Gasteiger partial charge in [0.1, 0.15) is 0 Å². The zero-order valence-electron chi connectivity index (χ0n) is 13.6. The summed E-state index contributed by atoms with van der Waals surface area (Å²) in [5.41, 5.74) is 5.18. The van der Waals surface area contributed by atoms with Gasteiger partial charge in [-0.05, 0) is 49.9 Å². The van der Waals surface area contributed by atoms with Crippen LogP contribution in [0, 0.1) is 13.8 Å². The molecule has 0 heterocycles. The lowest BCUT2D eigenvalue weighted by Gasteiger charge is -2.35. The smallest absolute Gasteiger partial charge is 0.0462 e. The molecule has 1 saturated carbocycles. The van der Waals surface area contributed by atoms with Crippen molar-refractivity contribution in [2.75, 3.05) is 10.6 Å². The molecule has 22 heavy (non-hydrogen) atoms. The minimum Gasteiger partial charge on any atom is -0.380 e. The average molecular weight is 294 g/mol. The number of nitrogens with one attached hydrogen (secondary N) is 2. The van der Waals surface area contributed by atoms with Crippen molar-refractivity contribution in [3.63, 3.8) is 0 Å². The van der Waals surface area contributed by atoms with Gasteiger partial charge in [0.05, 0.1) is 0 Å². The quantitative estimate of drug-likeness (QED) is 0.816. The third kappa shape index (κ3) is 3.44. The lowest BCUT2D eigenvalue weighted by Crippen LogP contribution is -2.42. The summed E-state index contributed by atoms with van der Waals surface area (Å²) in [7, 11) is 0. The fourth-order valence-electron chi connectivity index (χ4n) is 3.35.